The lowest BCUT2D eigenvalue weighted by molar-refractivity contribution is 0.107. The summed E-state index contributed by atoms with van der Waals surface area (Å²) in [5, 5.41) is 3.55. The standard InChI is InChI=1S/C16H12ClN3O/c1-11-6-5-9-13(10-11)20-16(12-7-3-2-4-8-12)18-15(19-20)14(17)21/h2-10H,1H3. The second-order valence-corrected chi connectivity index (χ2v) is 4.99. The Labute approximate surface area is 127 Å². The molecule has 3 aromatic rings. The van der Waals surface area contributed by atoms with Crippen molar-refractivity contribution < 1.29 is 4.79 Å². The topological polar surface area (TPSA) is 47.8 Å². The summed E-state index contributed by atoms with van der Waals surface area (Å²) < 4.78 is 1.64. The minimum absolute atomic E-state index is 0.00275. The normalized spacial score (nSPS) is 10.6. The molecule has 5 heteroatoms. The minimum atomic E-state index is -0.668. The van der Waals surface area contributed by atoms with Gasteiger partial charge in [-0.1, -0.05) is 42.5 Å². The summed E-state index contributed by atoms with van der Waals surface area (Å²) in [7, 11) is 0. The molecule has 3 rings (SSSR count). The van der Waals surface area contributed by atoms with Crippen LogP contribution in [0.15, 0.2) is 54.6 Å². The molecule has 0 aliphatic heterocycles. The molecule has 0 saturated heterocycles. The Morgan fingerprint density at radius 3 is 2.52 bits per heavy atom. The first-order valence-corrected chi connectivity index (χ1v) is 6.82. The molecule has 1 aromatic heterocycles. The Morgan fingerprint density at radius 1 is 1.10 bits per heavy atom. The van der Waals surface area contributed by atoms with Crippen LogP contribution in [0.4, 0.5) is 0 Å². The van der Waals surface area contributed by atoms with Crippen molar-refractivity contribution in [3.8, 4) is 17.1 Å². The molecular formula is C16H12ClN3O. The summed E-state index contributed by atoms with van der Waals surface area (Å²) in [5.41, 5.74) is 2.81. The van der Waals surface area contributed by atoms with E-state index < -0.39 is 5.24 Å². The molecule has 21 heavy (non-hydrogen) atoms. The van der Waals surface area contributed by atoms with Crippen LogP contribution in [0.3, 0.4) is 0 Å². The van der Waals surface area contributed by atoms with Crippen LogP contribution in [-0.2, 0) is 0 Å². The van der Waals surface area contributed by atoms with E-state index in [2.05, 4.69) is 10.1 Å². The first-order chi connectivity index (χ1) is 10.1. The molecule has 2 aromatic carbocycles. The van der Waals surface area contributed by atoms with Crippen molar-refractivity contribution in [2.45, 2.75) is 6.92 Å². The Hall–Kier alpha value is -2.46. The maximum absolute atomic E-state index is 11.4. The highest BCUT2D eigenvalue weighted by atomic mass is 35.5. The van der Waals surface area contributed by atoms with Crippen LogP contribution < -0.4 is 0 Å². The SMILES string of the molecule is Cc1cccc(-n2nc(C(=O)Cl)nc2-c2ccccc2)c1. The van der Waals surface area contributed by atoms with Crippen LogP contribution in [0.25, 0.3) is 17.1 Å². The van der Waals surface area contributed by atoms with Crippen molar-refractivity contribution in [2.24, 2.45) is 0 Å². The molecule has 0 amide bonds. The highest BCUT2D eigenvalue weighted by molar-refractivity contribution is 6.67. The summed E-state index contributed by atoms with van der Waals surface area (Å²) in [6.07, 6.45) is 0. The van der Waals surface area contributed by atoms with Crippen molar-refractivity contribution in [3.63, 3.8) is 0 Å². The highest BCUT2D eigenvalue weighted by Gasteiger charge is 2.17. The number of aryl methyl sites for hydroxylation is 1. The fourth-order valence-electron chi connectivity index (χ4n) is 2.11. The lowest BCUT2D eigenvalue weighted by Crippen LogP contribution is -2.00. The fraction of sp³-hybridized carbons (Fsp3) is 0.0625. The van der Waals surface area contributed by atoms with E-state index in [1.807, 2.05) is 61.5 Å². The van der Waals surface area contributed by atoms with E-state index in [0.29, 0.717) is 5.82 Å². The van der Waals surface area contributed by atoms with Gasteiger partial charge in [0.2, 0.25) is 5.82 Å². The molecule has 0 aliphatic carbocycles. The van der Waals surface area contributed by atoms with Gasteiger partial charge >= 0.3 is 0 Å². The van der Waals surface area contributed by atoms with E-state index in [1.165, 1.54) is 0 Å². The van der Waals surface area contributed by atoms with E-state index in [9.17, 15) is 4.79 Å². The number of hydrogen-bond donors (Lipinski definition) is 0. The summed E-state index contributed by atoms with van der Waals surface area (Å²) in [5.74, 6) is 0.585. The first-order valence-electron chi connectivity index (χ1n) is 6.44. The highest BCUT2D eigenvalue weighted by Crippen LogP contribution is 2.22. The van der Waals surface area contributed by atoms with Crippen molar-refractivity contribution in [1.29, 1.82) is 0 Å². The molecule has 0 saturated carbocycles. The molecule has 1 heterocycles. The zero-order chi connectivity index (χ0) is 14.8. The molecule has 0 spiro atoms. The number of hydrogen-bond acceptors (Lipinski definition) is 3. The van der Waals surface area contributed by atoms with Gasteiger partial charge in [0.1, 0.15) is 0 Å². The lowest BCUT2D eigenvalue weighted by atomic mass is 10.2. The van der Waals surface area contributed by atoms with Gasteiger partial charge in [-0.2, -0.15) is 0 Å². The van der Waals surface area contributed by atoms with Crippen LogP contribution in [0.1, 0.15) is 16.2 Å². The Bertz CT molecular complexity index is 796. The van der Waals surface area contributed by atoms with Crippen LogP contribution >= 0.6 is 11.6 Å². The minimum Gasteiger partial charge on any atom is -0.272 e. The van der Waals surface area contributed by atoms with Crippen molar-refractivity contribution >= 4 is 16.8 Å². The zero-order valence-corrected chi connectivity index (χ0v) is 12.1. The molecule has 4 nitrogen and oxygen atoms in total. The number of carbonyl (C=O) groups is 1. The number of halogens is 1. The summed E-state index contributed by atoms with van der Waals surface area (Å²) >= 11 is 5.52. The fourth-order valence-corrected chi connectivity index (χ4v) is 2.19. The lowest BCUT2D eigenvalue weighted by Gasteiger charge is -2.06. The van der Waals surface area contributed by atoms with E-state index >= 15 is 0 Å². The van der Waals surface area contributed by atoms with Gasteiger partial charge in [0.15, 0.2) is 5.82 Å². The maximum Gasteiger partial charge on any atom is 0.291 e. The Morgan fingerprint density at radius 2 is 1.86 bits per heavy atom. The molecule has 0 unspecified atom stereocenters. The third-order valence-electron chi connectivity index (χ3n) is 3.06. The summed E-state index contributed by atoms with van der Waals surface area (Å²) in [4.78, 5) is 15.6. The third kappa shape index (κ3) is 2.71. The smallest absolute Gasteiger partial charge is 0.272 e. The van der Waals surface area contributed by atoms with E-state index in [-0.39, 0.29) is 5.82 Å². The molecule has 0 atom stereocenters. The van der Waals surface area contributed by atoms with Crippen molar-refractivity contribution in [3.05, 3.63) is 66.0 Å². The second-order valence-electron chi connectivity index (χ2n) is 4.65. The van der Waals surface area contributed by atoms with Crippen molar-refractivity contribution in [1.82, 2.24) is 14.8 Å². The van der Waals surface area contributed by atoms with Crippen LogP contribution in [0, 0.1) is 6.92 Å². The number of nitrogens with zero attached hydrogens (tertiary/aromatic N) is 3. The van der Waals surface area contributed by atoms with Gasteiger partial charge in [0, 0.05) is 5.56 Å². The zero-order valence-electron chi connectivity index (χ0n) is 11.3. The Balaban J connectivity index is 2.21. The largest absolute Gasteiger partial charge is 0.291 e. The maximum atomic E-state index is 11.4. The van der Waals surface area contributed by atoms with Crippen molar-refractivity contribution in [2.75, 3.05) is 0 Å². The van der Waals surface area contributed by atoms with Gasteiger partial charge in [0.05, 0.1) is 5.69 Å². The van der Waals surface area contributed by atoms with Gasteiger partial charge in [-0.05, 0) is 36.2 Å². The predicted octanol–water partition coefficient (Wildman–Crippen LogP) is 3.62. The predicted molar refractivity (Wildman–Crippen MR) is 81.7 cm³/mol. The number of rotatable bonds is 3. The molecular weight excluding hydrogens is 286 g/mol. The molecule has 0 fully saturated rings. The average molecular weight is 298 g/mol. The van der Waals surface area contributed by atoms with Gasteiger partial charge in [-0.3, -0.25) is 4.79 Å². The molecule has 104 valence electrons. The number of aromatic nitrogens is 3. The second kappa shape index (κ2) is 5.50. The quantitative estimate of drug-likeness (QED) is 0.694. The van der Waals surface area contributed by atoms with Crippen LogP contribution in [0.2, 0.25) is 0 Å². The third-order valence-corrected chi connectivity index (χ3v) is 3.23. The van der Waals surface area contributed by atoms with Gasteiger partial charge in [-0.25, -0.2) is 9.67 Å². The first kappa shape index (κ1) is 13.5. The molecule has 0 aliphatic rings. The summed E-state index contributed by atoms with van der Waals surface area (Å²) in [6.45, 7) is 2.00. The molecule has 0 bridgehead atoms. The van der Waals surface area contributed by atoms with Crippen LogP contribution in [-0.4, -0.2) is 20.0 Å². The van der Waals surface area contributed by atoms with Gasteiger partial charge in [-0.15, -0.1) is 5.10 Å². The van der Waals surface area contributed by atoms with E-state index in [0.717, 1.165) is 16.8 Å². The van der Waals surface area contributed by atoms with E-state index in [4.69, 9.17) is 11.6 Å². The van der Waals surface area contributed by atoms with E-state index in [1.54, 1.807) is 4.68 Å². The number of benzene rings is 2. The summed E-state index contributed by atoms with van der Waals surface area (Å²) in [6, 6.07) is 17.4. The molecule has 0 radical (unpaired) electrons. The van der Waals surface area contributed by atoms with Gasteiger partial charge in [0.25, 0.3) is 5.24 Å². The number of carbonyl (C=O) groups excluding carboxylic acids is 1. The monoisotopic (exact) mass is 297 g/mol. The average Bonchev–Trinajstić information content (AvgIpc) is 2.93. The Kier molecular flexibility index (Phi) is 3.54. The van der Waals surface area contributed by atoms with Gasteiger partial charge < -0.3 is 0 Å². The van der Waals surface area contributed by atoms with Crippen LogP contribution in [0.5, 0.6) is 0 Å². The molecule has 0 N–H and O–H groups in total.